The summed E-state index contributed by atoms with van der Waals surface area (Å²) in [4.78, 5) is 14.4. The van der Waals surface area contributed by atoms with E-state index in [9.17, 15) is 9.90 Å². The molecule has 4 nitrogen and oxygen atoms in total. The molecule has 0 aliphatic carbocycles. The van der Waals surface area contributed by atoms with Crippen LogP contribution in [0.1, 0.15) is 24.9 Å². The van der Waals surface area contributed by atoms with Crippen LogP contribution in [0.5, 0.6) is 0 Å². The Labute approximate surface area is 137 Å². The zero-order chi connectivity index (χ0) is 11.3. The molecule has 0 unspecified atom stereocenters. The number of hydrogen-bond acceptors (Lipinski definition) is 3. The first-order chi connectivity index (χ1) is 7.09. The molecule has 0 amide bonds. The molecular weight excluding hydrogens is 233 g/mol. The van der Waals surface area contributed by atoms with Gasteiger partial charge in [0.25, 0.3) is 0 Å². The Bertz CT molecular complexity index is 361. The van der Waals surface area contributed by atoms with Crippen LogP contribution in [0.3, 0.4) is 0 Å². The Morgan fingerprint density at radius 2 is 2.00 bits per heavy atom. The Morgan fingerprint density at radius 1 is 1.44 bits per heavy atom. The van der Waals surface area contributed by atoms with E-state index in [-0.39, 0.29) is 63.7 Å². The second-order valence-corrected chi connectivity index (χ2v) is 3.17. The molecule has 0 aliphatic rings. The fraction of sp³-hybridized carbons (Fsp3) is 0.273. The summed E-state index contributed by atoms with van der Waals surface area (Å²) in [5.41, 5.74) is 0.745. The van der Waals surface area contributed by atoms with E-state index in [1.165, 1.54) is 6.92 Å². The van der Waals surface area contributed by atoms with E-state index in [1.807, 2.05) is 6.07 Å². The van der Waals surface area contributed by atoms with Crippen LogP contribution >= 0.6 is 0 Å². The summed E-state index contributed by atoms with van der Waals surface area (Å²) < 4.78 is 0. The summed E-state index contributed by atoms with van der Waals surface area (Å²) in [6, 6.07) is 8.36. The molecule has 0 heterocycles. The van der Waals surface area contributed by atoms with E-state index in [0.717, 1.165) is 5.56 Å². The zero-order valence-corrected chi connectivity index (χ0v) is 12.5. The van der Waals surface area contributed by atoms with Gasteiger partial charge in [-0.1, -0.05) is 30.3 Å². The number of carboxylic acid groups (broad SMARTS) is 1. The molecule has 0 saturated carbocycles. The molecule has 0 aromatic heterocycles. The predicted octanol–water partition coefficient (Wildman–Crippen LogP) is -2.01. The van der Waals surface area contributed by atoms with Crippen molar-refractivity contribution in [3.8, 4) is 0 Å². The van der Waals surface area contributed by atoms with Crippen LogP contribution in [0.2, 0.25) is 0 Å². The van der Waals surface area contributed by atoms with E-state index >= 15 is 0 Å². The number of benzene rings is 1. The Morgan fingerprint density at radius 3 is 2.44 bits per heavy atom. The van der Waals surface area contributed by atoms with Gasteiger partial charge in [0.1, 0.15) is 0 Å². The molecule has 1 rings (SSSR count). The van der Waals surface area contributed by atoms with E-state index in [2.05, 4.69) is 4.99 Å². The van der Waals surface area contributed by atoms with Crippen molar-refractivity contribution in [3.63, 3.8) is 0 Å². The molecule has 0 bridgehead atoms. The normalized spacial score (nSPS) is 12.7. The van der Waals surface area contributed by atoms with Gasteiger partial charge in [-0.05, 0) is 18.4 Å². The van der Waals surface area contributed by atoms with E-state index < -0.39 is 12.0 Å². The van der Waals surface area contributed by atoms with Gasteiger partial charge in [-0.15, -0.1) is 0 Å². The van der Waals surface area contributed by atoms with Crippen LogP contribution in [0.4, 0.5) is 0 Å². The fourth-order valence-electron chi connectivity index (χ4n) is 1.30. The third-order valence-electron chi connectivity index (χ3n) is 1.89. The van der Waals surface area contributed by atoms with Crippen molar-refractivity contribution in [2.24, 2.45) is 4.99 Å². The molecule has 0 radical (unpaired) electrons. The maximum atomic E-state index is 10.8. The van der Waals surface area contributed by atoms with E-state index in [0.29, 0.717) is 0 Å². The quantitative estimate of drug-likeness (QED) is 0.378. The van der Waals surface area contributed by atoms with E-state index in [4.69, 9.17) is 5.11 Å². The Hall–Kier alpha value is -0.204. The van der Waals surface area contributed by atoms with Crippen LogP contribution in [-0.2, 0) is 4.79 Å². The standard InChI is InChI=1S/C11H13NO3.K/c1-8(13)12-10(7-11(14)15)9-5-3-2-4-6-9;/h2-6,10H,7H2,1H3,(H,12,13)(H,14,15);/q;+1/p-1/t10-;/m0./s1. The number of carboxylic acids is 1. The first-order valence-corrected chi connectivity index (χ1v) is 4.57. The van der Waals surface area contributed by atoms with Gasteiger partial charge in [0.2, 0.25) is 0 Å². The summed E-state index contributed by atoms with van der Waals surface area (Å²) in [5, 5.41) is 19.5. The molecule has 0 aliphatic heterocycles. The molecule has 1 aromatic rings. The zero-order valence-electron chi connectivity index (χ0n) is 9.38. The van der Waals surface area contributed by atoms with Gasteiger partial charge in [0.05, 0.1) is 12.5 Å². The topological polar surface area (TPSA) is 72.7 Å². The molecule has 0 spiro atoms. The fourth-order valence-corrected chi connectivity index (χ4v) is 1.30. The minimum absolute atomic E-state index is 0. The summed E-state index contributed by atoms with van der Waals surface area (Å²) in [6.45, 7) is 1.32. The van der Waals surface area contributed by atoms with Crippen molar-refractivity contribution in [1.82, 2.24) is 0 Å². The van der Waals surface area contributed by atoms with Crippen molar-refractivity contribution < 1.29 is 66.4 Å². The van der Waals surface area contributed by atoms with Crippen LogP contribution in [0, 0.1) is 0 Å². The van der Waals surface area contributed by atoms with Crippen LogP contribution in [0.25, 0.3) is 0 Å². The maximum absolute atomic E-state index is 10.8. The largest absolute Gasteiger partial charge is 1.00 e. The van der Waals surface area contributed by atoms with Crippen molar-refractivity contribution in [2.75, 3.05) is 0 Å². The molecular formula is C11H12KNO3. The summed E-state index contributed by atoms with van der Waals surface area (Å²) in [5.74, 6) is -1.32. The van der Waals surface area contributed by atoms with E-state index in [1.54, 1.807) is 24.3 Å². The monoisotopic (exact) mass is 245 g/mol. The smallest absolute Gasteiger partial charge is 0.862 e. The predicted molar refractivity (Wildman–Crippen MR) is 54.5 cm³/mol. The molecule has 1 N–H and O–H groups in total. The molecule has 1 atom stereocenters. The minimum atomic E-state index is -0.964. The first-order valence-electron chi connectivity index (χ1n) is 4.57. The van der Waals surface area contributed by atoms with Crippen molar-refractivity contribution in [2.45, 2.75) is 19.4 Å². The van der Waals surface area contributed by atoms with Gasteiger partial charge in [-0.3, -0.25) is 9.79 Å². The SMILES string of the molecule is CC([O-])=N[C@@H](CC(=O)O)c1ccccc1.[K+]. The van der Waals surface area contributed by atoms with Crippen molar-refractivity contribution in [1.29, 1.82) is 0 Å². The third-order valence-corrected chi connectivity index (χ3v) is 1.89. The summed E-state index contributed by atoms with van der Waals surface area (Å²) in [6.07, 6.45) is -0.163. The van der Waals surface area contributed by atoms with Gasteiger partial charge in [-0.25, -0.2) is 0 Å². The van der Waals surface area contributed by atoms with Crippen molar-refractivity contribution >= 4 is 11.9 Å². The number of rotatable bonds is 4. The summed E-state index contributed by atoms with van der Waals surface area (Å²) >= 11 is 0. The van der Waals surface area contributed by atoms with Gasteiger partial charge in [0, 0.05) is 0 Å². The Balaban J connectivity index is 0.00000225. The number of aliphatic imine (C=N–C) groups is 1. The number of carbonyl (C=O) groups is 1. The van der Waals surface area contributed by atoms with Crippen LogP contribution < -0.4 is 56.5 Å². The molecule has 0 saturated heterocycles. The average molecular weight is 245 g/mol. The Kier molecular flexibility index (Phi) is 7.87. The number of hydrogen-bond donors (Lipinski definition) is 1. The third kappa shape index (κ3) is 5.76. The number of aliphatic carboxylic acids is 1. The molecule has 0 fully saturated rings. The van der Waals surface area contributed by atoms with Crippen LogP contribution in [0.15, 0.2) is 35.3 Å². The molecule has 5 heteroatoms. The molecule has 1 aromatic carbocycles. The minimum Gasteiger partial charge on any atom is -0.862 e. The summed E-state index contributed by atoms with van der Waals surface area (Å²) in [7, 11) is 0. The van der Waals surface area contributed by atoms with Gasteiger partial charge < -0.3 is 10.2 Å². The van der Waals surface area contributed by atoms with Gasteiger partial charge in [-0.2, -0.15) is 0 Å². The molecule has 80 valence electrons. The first kappa shape index (κ1) is 15.8. The second-order valence-electron chi connectivity index (χ2n) is 3.17. The number of nitrogens with zero attached hydrogens (tertiary/aromatic N) is 1. The average Bonchev–Trinajstić information content (AvgIpc) is 2.17. The van der Waals surface area contributed by atoms with Gasteiger partial charge in [0.15, 0.2) is 0 Å². The second kappa shape index (κ2) is 7.97. The van der Waals surface area contributed by atoms with Crippen molar-refractivity contribution in [3.05, 3.63) is 35.9 Å². The maximum Gasteiger partial charge on any atom is 1.00 e. The molecule has 16 heavy (non-hydrogen) atoms. The van der Waals surface area contributed by atoms with Crippen LogP contribution in [-0.4, -0.2) is 17.0 Å². The van der Waals surface area contributed by atoms with Gasteiger partial charge >= 0.3 is 57.4 Å².